The minimum absolute atomic E-state index is 0.00739. The van der Waals surface area contributed by atoms with E-state index in [4.69, 9.17) is 33.9 Å². The van der Waals surface area contributed by atoms with Crippen LogP contribution in [0.15, 0.2) is 120 Å². The SMILES string of the molecule is COc1ccc(C(OC[C@@]2(C)OC[C@@](OC)(n3cnc4c(=O)[nH]c(N)nc43)C2OP(SCCSC(=O)c2ccccc2)N2CCCC2)(c2ccccc2)c2ccc(OC)cc2)cc1. The second-order valence-electron chi connectivity index (χ2n) is 15.4. The molecule has 0 amide bonds. The van der Waals surface area contributed by atoms with E-state index in [1.165, 1.54) is 18.1 Å². The van der Waals surface area contributed by atoms with E-state index in [1.54, 1.807) is 37.3 Å². The fourth-order valence-electron chi connectivity index (χ4n) is 8.24. The molecule has 63 heavy (non-hydrogen) atoms. The van der Waals surface area contributed by atoms with E-state index in [9.17, 15) is 9.59 Å². The van der Waals surface area contributed by atoms with Crippen LogP contribution in [0, 0.1) is 0 Å². The van der Waals surface area contributed by atoms with Crippen molar-refractivity contribution >= 4 is 52.9 Å². The largest absolute Gasteiger partial charge is 0.497 e. The number of aromatic nitrogens is 4. The number of nitrogens with two attached hydrogens (primary N) is 1. The molecule has 14 nitrogen and oxygen atoms in total. The van der Waals surface area contributed by atoms with Gasteiger partial charge < -0.3 is 33.9 Å². The Balaban J connectivity index is 1.21. The molecule has 4 heterocycles. The number of hydrogen-bond donors (Lipinski definition) is 2. The van der Waals surface area contributed by atoms with Gasteiger partial charge in [-0.05, 0) is 60.7 Å². The lowest BCUT2D eigenvalue weighted by Gasteiger charge is -2.43. The van der Waals surface area contributed by atoms with Crippen molar-refractivity contribution in [2.75, 3.05) is 64.9 Å². The van der Waals surface area contributed by atoms with Crippen LogP contribution in [-0.2, 0) is 30.1 Å². The van der Waals surface area contributed by atoms with Gasteiger partial charge in [0, 0.05) is 37.3 Å². The number of rotatable bonds is 18. The van der Waals surface area contributed by atoms with E-state index >= 15 is 0 Å². The lowest BCUT2D eigenvalue weighted by Crippen LogP contribution is -2.55. The van der Waals surface area contributed by atoms with E-state index < -0.39 is 36.1 Å². The van der Waals surface area contributed by atoms with Crippen molar-refractivity contribution in [1.29, 1.82) is 0 Å². The van der Waals surface area contributed by atoms with E-state index in [1.807, 2.05) is 104 Å². The Morgan fingerprint density at radius 3 is 2.10 bits per heavy atom. The van der Waals surface area contributed by atoms with E-state index in [2.05, 4.69) is 31.8 Å². The summed E-state index contributed by atoms with van der Waals surface area (Å²) in [6.45, 7) is 3.67. The Morgan fingerprint density at radius 2 is 1.49 bits per heavy atom. The van der Waals surface area contributed by atoms with Crippen molar-refractivity contribution in [2.45, 2.75) is 42.8 Å². The Bertz CT molecular complexity index is 2480. The molecule has 3 N–H and O–H groups in total. The lowest BCUT2D eigenvalue weighted by atomic mass is 9.79. The minimum Gasteiger partial charge on any atom is -0.497 e. The maximum atomic E-state index is 13.1. The van der Waals surface area contributed by atoms with Crippen molar-refractivity contribution in [2.24, 2.45) is 0 Å². The molecule has 2 aliphatic rings. The van der Waals surface area contributed by atoms with Crippen molar-refractivity contribution in [1.82, 2.24) is 24.2 Å². The fourth-order valence-corrected chi connectivity index (χ4v) is 13.6. The molecule has 8 rings (SSSR count). The van der Waals surface area contributed by atoms with Gasteiger partial charge in [-0.25, -0.2) is 4.98 Å². The van der Waals surface area contributed by atoms with Crippen LogP contribution in [0.5, 0.6) is 11.5 Å². The summed E-state index contributed by atoms with van der Waals surface area (Å²) in [6.07, 6.45) is 2.72. The summed E-state index contributed by atoms with van der Waals surface area (Å²) in [5.41, 5.74) is 5.49. The topological polar surface area (TPSA) is 165 Å². The zero-order valence-corrected chi connectivity index (χ0v) is 38.1. The maximum Gasteiger partial charge on any atom is 0.280 e. The standard InChI is InChI=1S/C46H51N6O8PS2/c1-44(29-59-46(33-15-9-6-10-16-33,34-17-21-36(55-2)22-18-34)35-19-23-37(56-3)24-20-35)42(45(57-4,30-58-44)52-31-48-38-39(52)49-43(47)50-40(38)53)60-61(51-25-11-12-26-51)63-28-27-62-41(54)32-13-7-5-8-14-32/h5-10,13-24,31,42H,11-12,25-30H2,1-4H3,(H3,47,49,50,53)/t42?,44-,45+,61?/m1/s1. The normalized spacial score (nSPS) is 20.9. The summed E-state index contributed by atoms with van der Waals surface area (Å²) in [7, 11) is 3.51. The number of thioether (sulfide) groups is 1. The van der Waals surface area contributed by atoms with Crippen LogP contribution in [0.1, 0.15) is 46.8 Å². The number of anilines is 1. The molecule has 0 radical (unpaired) electrons. The van der Waals surface area contributed by atoms with Gasteiger partial charge in [-0.15, -0.1) is 0 Å². The Kier molecular flexibility index (Phi) is 13.9. The summed E-state index contributed by atoms with van der Waals surface area (Å²) < 4.78 is 43.8. The number of aromatic amines is 1. The highest BCUT2D eigenvalue weighted by Crippen LogP contribution is 2.60. The molecule has 4 atom stereocenters. The zero-order valence-electron chi connectivity index (χ0n) is 35.6. The van der Waals surface area contributed by atoms with Crippen LogP contribution >= 0.6 is 30.6 Å². The molecule has 0 saturated carbocycles. The predicted octanol–water partition coefficient (Wildman–Crippen LogP) is 7.83. The van der Waals surface area contributed by atoms with E-state index in [0.717, 1.165) is 42.6 Å². The Labute approximate surface area is 375 Å². The number of methoxy groups -OCH3 is 3. The predicted molar refractivity (Wildman–Crippen MR) is 248 cm³/mol. The van der Waals surface area contributed by atoms with Crippen LogP contribution in [0.4, 0.5) is 5.95 Å². The van der Waals surface area contributed by atoms with Crippen LogP contribution in [0.2, 0.25) is 0 Å². The van der Waals surface area contributed by atoms with E-state index in [-0.39, 0.29) is 35.4 Å². The van der Waals surface area contributed by atoms with Crippen LogP contribution in [0.3, 0.4) is 0 Å². The number of nitrogens with zero attached hydrogens (tertiary/aromatic N) is 4. The second-order valence-corrected chi connectivity index (χ2v) is 20.1. The second kappa shape index (κ2) is 19.5. The lowest BCUT2D eigenvalue weighted by molar-refractivity contribution is -0.147. The first-order valence-electron chi connectivity index (χ1n) is 20.6. The minimum atomic E-state index is -1.39. The number of fused-ring (bicyclic) bond motifs is 1. The summed E-state index contributed by atoms with van der Waals surface area (Å²) in [6, 6.07) is 35.1. The van der Waals surface area contributed by atoms with Crippen molar-refractivity contribution in [3.63, 3.8) is 0 Å². The van der Waals surface area contributed by atoms with Crippen molar-refractivity contribution in [3.8, 4) is 11.5 Å². The average Bonchev–Trinajstić information content (AvgIpc) is 4.08. The Hall–Kier alpha value is -4.77. The third kappa shape index (κ3) is 9.01. The molecule has 0 spiro atoms. The highest BCUT2D eigenvalue weighted by Gasteiger charge is 2.62. The van der Waals surface area contributed by atoms with Gasteiger partial charge in [-0.2, -0.15) is 4.98 Å². The number of ether oxygens (including phenoxy) is 5. The number of benzene rings is 4. The van der Waals surface area contributed by atoms with Gasteiger partial charge in [0.2, 0.25) is 11.1 Å². The quantitative estimate of drug-likeness (QED) is 0.0487. The molecule has 2 aromatic heterocycles. The number of H-pyrrole nitrogens is 1. The number of nitrogens with one attached hydrogen (secondary N) is 1. The molecular formula is C46H51N6O8PS2. The van der Waals surface area contributed by atoms with Crippen molar-refractivity contribution in [3.05, 3.63) is 148 Å². The van der Waals surface area contributed by atoms with Crippen LogP contribution in [0.25, 0.3) is 11.2 Å². The van der Waals surface area contributed by atoms with E-state index in [0.29, 0.717) is 28.6 Å². The van der Waals surface area contributed by atoms with Crippen LogP contribution in [-0.4, -0.2) is 100 Å². The van der Waals surface area contributed by atoms with Gasteiger partial charge in [-0.1, -0.05) is 108 Å². The maximum absolute atomic E-state index is 13.1. The van der Waals surface area contributed by atoms with Gasteiger partial charge in [0.15, 0.2) is 24.4 Å². The molecule has 6 aromatic rings. The monoisotopic (exact) mass is 910 g/mol. The van der Waals surface area contributed by atoms with Gasteiger partial charge in [0.05, 0.1) is 33.8 Å². The number of carbonyl (C=O) groups is 1. The molecule has 2 aliphatic heterocycles. The van der Waals surface area contributed by atoms with Gasteiger partial charge >= 0.3 is 0 Å². The molecular weight excluding hydrogens is 860 g/mol. The van der Waals surface area contributed by atoms with Gasteiger partial charge in [0.1, 0.15) is 28.8 Å². The number of nitrogen functional groups attached to an aromatic ring is 1. The molecule has 0 bridgehead atoms. The summed E-state index contributed by atoms with van der Waals surface area (Å²) in [5, 5.41) is 0.0271. The first-order valence-corrected chi connectivity index (χ1v) is 24.4. The molecule has 2 saturated heterocycles. The molecule has 2 fully saturated rings. The molecule has 17 heteroatoms. The van der Waals surface area contributed by atoms with Gasteiger partial charge in [-0.3, -0.25) is 23.8 Å². The number of hydrogen-bond acceptors (Lipinski definition) is 14. The highest BCUT2D eigenvalue weighted by molar-refractivity contribution is 8.53. The summed E-state index contributed by atoms with van der Waals surface area (Å²) in [4.78, 5) is 37.8. The molecule has 4 aromatic carbocycles. The van der Waals surface area contributed by atoms with Gasteiger partial charge in [0.25, 0.3) is 5.56 Å². The number of carbonyl (C=O) groups excluding carboxylic acids is 1. The molecule has 330 valence electrons. The van der Waals surface area contributed by atoms with Crippen molar-refractivity contribution < 1.29 is 33.0 Å². The Morgan fingerprint density at radius 1 is 0.889 bits per heavy atom. The third-order valence-electron chi connectivity index (χ3n) is 11.5. The first-order chi connectivity index (χ1) is 30.6. The fraction of sp³-hybridized carbons (Fsp3) is 0.348. The molecule has 2 unspecified atom stereocenters. The highest BCUT2D eigenvalue weighted by atomic mass is 32.7. The number of imidazole rings is 1. The summed E-state index contributed by atoms with van der Waals surface area (Å²) >= 11 is 2.98. The van der Waals surface area contributed by atoms with Crippen LogP contribution < -0.4 is 20.8 Å². The first kappa shape index (κ1) is 44.8. The smallest absolute Gasteiger partial charge is 0.280 e. The average molecular weight is 911 g/mol. The third-order valence-corrected chi connectivity index (χ3v) is 16.7. The molecule has 0 aliphatic carbocycles. The zero-order chi connectivity index (χ0) is 44.0. The summed E-state index contributed by atoms with van der Waals surface area (Å²) in [5.74, 6) is 2.59.